The van der Waals surface area contributed by atoms with Gasteiger partial charge in [-0.25, -0.2) is 0 Å². The molecule has 5 rings (SSSR count). The van der Waals surface area contributed by atoms with Crippen molar-refractivity contribution in [3.05, 3.63) is 98.3 Å². The zero-order valence-corrected chi connectivity index (χ0v) is 20.0. The van der Waals surface area contributed by atoms with E-state index in [0.717, 1.165) is 5.56 Å². The maximum absolute atomic E-state index is 13.3. The fourth-order valence-electron chi connectivity index (χ4n) is 4.08. The molecule has 0 fully saturated rings. The normalized spacial score (nSPS) is 13.9. The molecule has 0 unspecified atom stereocenters. The summed E-state index contributed by atoms with van der Waals surface area (Å²) >= 11 is 1.37. The minimum absolute atomic E-state index is 0.0203. The number of hydrogen-bond acceptors (Lipinski definition) is 8. The molecule has 3 aromatic carbocycles. The van der Waals surface area contributed by atoms with E-state index in [1.807, 2.05) is 54.6 Å². The monoisotopic (exact) mass is 504 g/mol. The van der Waals surface area contributed by atoms with Gasteiger partial charge in [-0.2, -0.15) is 0 Å². The number of aromatic amines is 1. The molecule has 0 radical (unpaired) electrons. The van der Waals surface area contributed by atoms with Crippen LogP contribution in [0.5, 0.6) is 11.5 Å². The van der Waals surface area contributed by atoms with E-state index in [0.29, 0.717) is 33.4 Å². The third-order valence-electron chi connectivity index (χ3n) is 5.69. The van der Waals surface area contributed by atoms with Gasteiger partial charge >= 0.3 is 16.9 Å². The number of thioether (sulfide) groups is 1. The zero-order valence-electron chi connectivity index (χ0n) is 19.2. The second-order valence-electron chi connectivity index (χ2n) is 8.00. The molecule has 182 valence electrons. The van der Waals surface area contributed by atoms with Gasteiger partial charge < -0.3 is 15.2 Å². The molecule has 1 aliphatic rings. The zero-order chi connectivity index (χ0) is 25.2. The molecule has 11 heteroatoms. The number of rotatable bonds is 7. The van der Waals surface area contributed by atoms with Gasteiger partial charge in [0.25, 0.3) is 6.17 Å². The van der Waals surface area contributed by atoms with Crippen LogP contribution in [0.4, 0.5) is 11.4 Å². The van der Waals surface area contributed by atoms with E-state index in [2.05, 4.69) is 10.3 Å². The van der Waals surface area contributed by atoms with Gasteiger partial charge in [-0.1, -0.05) is 54.2 Å². The predicted octanol–water partition coefficient (Wildman–Crippen LogP) is 4.00. The Labute approximate surface area is 209 Å². The molecule has 36 heavy (non-hydrogen) atoms. The van der Waals surface area contributed by atoms with Crippen LogP contribution in [0, 0.1) is 10.1 Å². The molecule has 0 spiro atoms. The Kier molecular flexibility index (Phi) is 6.30. The van der Waals surface area contributed by atoms with Gasteiger partial charge in [0.15, 0.2) is 5.75 Å². The van der Waals surface area contributed by atoms with Crippen LogP contribution >= 0.6 is 11.8 Å². The highest BCUT2D eigenvalue weighted by molar-refractivity contribution is 7.98. The van der Waals surface area contributed by atoms with Crippen molar-refractivity contribution in [2.24, 2.45) is 0 Å². The van der Waals surface area contributed by atoms with Gasteiger partial charge in [-0.05, 0) is 35.4 Å². The minimum atomic E-state index is -0.771. The third-order valence-corrected chi connectivity index (χ3v) is 6.62. The molecule has 0 bridgehead atoms. The summed E-state index contributed by atoms with van der Waals surface area (Å²) in [6.07, 6.45) is -0.771. The van der Waals surface area contributed by atoms with Crippen molar-refractivity contribution in [1.82, 2.24) is 10.1 Å². The number of nitrogens with one attached hydrogen (secondary N) is 2. The lowest BCUT2D eigenvalue weighted by Gasteiger charge is -2.22. The maximum atomic E-state index is 13.3. The molecule has 4 aromatic rings. The summed E-state index contributed by atoms with van der Waals surface area (Å²) in [7, 11) is 0. The average molecular weight is 505 g/mol. The van der Waals surface area contributed by atoms with Crippen molar-refractivity contribution in [2.75, 3.05) is 11.9 Å². The first-order valence-corrected chi connectivity index (χ1v) is 12.2. The molecule has 0 saturated carbocycles. The molecule has 0 amide bonds. The fourth-order valence-corrected chi connectivity index (χ4v) is 4.89. The molecule has 1 aromatic heterocycles. The SMILES string of the molecule is CCOc1cc([C@H]2Nc3ccccc3-c3c(=O)[nH]c(SCc4ccccc4)n[n+]32)cc([N+](=O)[O-])c1O. The van der Waals surface area contributed by atoms with E-state index in [4.69, 9.17) is 9.84 Å². The van der Waals surface area contributed by atoms with Gasteiger partial charge in [0.1, 0.15) is 0 Å². The van der Waals surface area contributed by atoms with Crippen LogP contribution in [-0.4, -0.2) is 26.7 Å². The number of H-pyrrole nitrogens is 1. The lowest BCUT2D eigenvalue weighted by molar-refractivity contribution is -0.759. The number of hydrogen-bond donors (Lipinski definition) is 3. The van der Waals surface area contributed by atoms with Crippen LogP contribution < -0.4 is 20.3 Å². The molecule has 0 aliphatic carbocycles. The van der Waals surface area contributed by atoms with E-state index in [9.17, 15) is 20.0 Å². The van der Waals surface area contributed by atoms with Crippen LogP contribution in [0.25, 0.3) is 11.3 Å². The number of ether oxygens (including phenoxy) is 1. The molecule has 3 N–H and O–H groups in total. The Balaban J connectivity index is 1.65. The van der Waals surface area contributed by atoms with Gasteiger partial charge in [0, 0.05) is 16.9 Å². The van der Waals surface area contributed by atoms with Gasteiger partial charge in [-0.15, -0.1) is 0 Å². The molecule has 10 nitrogen and oxygen atoms in total. The Hall–Kier alpha value is -4.38. The van der Waals surface area contributed by atoms with Crippen molar-refractivity contribution < 1.29 is 19.4 Å². The van der Waals surface area contributed by atoms with Crippen molar-refractivity contribution in [2.45, 2.75) is 24.0 Å². The summed E-state index contributed by atoms with van der Waals surface area (Å²) in [5.74, 6) is 0.0230. The van der Waals surface area contributed by atoms with Crippen LogP contribution in [0.1, 0.15) is 24.2 Å². The topological polar surface area (TPSA) is 134 Å². The number of aromatic nitrogens is 3. The largest absolute Gasteiger partial charge is 0.500 e. The predicted molar refractivity (Wildman–Crippen MR) is 134 cm³/mol. The van der Waals surface area contributed by atoms with Crippen molar-refractivity contribution in [3.8, 4) is 22.8 Å². The second kappa shape index (κ2) is 9.70. The quantitative estimate of drug-likeness (QED) is 0.149. The van der Waals surface area contributed by atoms with Crippen molar-refractivity contribution >= 4 is 23.1 Å². The fraction of sp³-hybridized carbons (Fsp3) is 0.160. The van der Waals surface area contributed by atoms with Crippen LogP contribution in [0.3, 0.4) is 0 Å². The lowest BCUT2D eigenvalue weighted by Crippen LogP contribution is -2.55. The molecular weight excluding hydrogens is 482 g/mol. The number of nitro benzene ring substituents is 1. The summed E-state index contributed by atoms with van der Waals surface area (Å²) in [5, 5.41) is 30.5. The summed E-state index contributed by atoms with van der Waals surface area (Å²) < 4.78 is 7.00. The van der Waals surface area contributed by atoms with Gasteiger partial charge in [0.05, 0.1) is 28.3 Å². The molecule has 0 saturated heterocycles. The molecule has 1 aliphatic heterocycles. The highest BCUT2D eigenvalue weighted by Crippen LogP contribution is 2.40. The van der Waals surface area contributed by atoms with E-state index < -0.39 is 22.5 Å². The summed E-state index contributed by atoms with van der Waals surface area (Å²) in [5.41, 5.74) is 2.28. The Morgan fingerprint density at radius 3 is 2.67 bits per heavy atom. The standard InChI is InChI=1S/C25H21N5O5S/c1-2-35-20-13-16(12-19(22(20)31)30(33)34)23-26-18-11-7-6-10-17(18)21-24(32)27-25(28-29(21)23)36-14-15-8-4-3-5-9-15/h3-13,23H,2,14H2,1H3,(H2,27,28,31,32)/p+1/t23-/m0/s1. The number of aromatic hydroxyl groups is 1. The average Bonchev–Trinajstić information content (AvgIpc) is 2.88. The second-order valence-corrected chi connectivity index (χ2v) is 8.96. The Morgan fingerprint density at radius 1 is 1.17 bits per heavy atom. The van der Waals surface area contributed by atoms with Gasteiger partial charge in [0.2, 0.25) is 10.9 Å². The van der Waals surface area contributed by atoms with Crippen molar-refractivity contribution in [1.29, 1.82) is 0 Å². The first-order valence-electron chi connectivity index (χ1n) is 11.2. The summed E-state index contributed by atoms with van der Waals surface area (Å²) in [4.78, 5) is 27.2. The van der Waals surface area contributed by atoms with Crippen LogP contribution in [0.15, 0.2) is 76.7 Å². The summed E-state index contributed by atoms with van der Waals surface area (Å²) in [6.45, 7) is 1.92. The maximum Gasteiger partial charge on any atom is 0.325 e. The highest BCUT2D eigenvalue weighted by Gasteiger charge is 2.39. The smallest absolute Gasteiger partial charge is 0.325 e. The number of phenolic OH excluding ortho intramolecular Hbond substituents is 1. The van der Waals surface area contributed by atoms with E-state index in [1.54, 1.807) is 6.92 Å². The first kappa shape index (κ1) is 23.4. The third kappa shape index (κ3) is 4.36. The van der Waals surface area contributed by atoms with E-state index >= 15 is 0 Å². The Bertz CT molecular complexity index is 1510. The number of nitrogens with zero attached hydrogens (tertiary/aromatic N) is 3. The molecular formula is C25H22N5O5S+. The van der Waals surface area contributed by atoms with E-state index in [1.165, 1.54) is 28.6 Å². The lowest BCUT2D eigenvalue weighted by atomic mass is 10.0. The molecule has 1 atom stereocenters. The van der Waals surface area contributed by atoms with E-state index in [-0.39, 0.29) is 17.9 Å². The summed E-state index contributed by atoms with van der Waals surface area (Å²) in [6, 6.07) is 19.9. The van der Waals surface area contributed by atoms with Gasteiger partial charge in [-0.3, -0.25) is 19.9 Å². The highest BCUT2D eigenvalue weighted by atomic mass is 32.2. The van der Waals surface area contributed by atoms with Crippen molar-refractivity contribution in [3.63, 3.8) is 0 Å². The number of nitro groups is 1. The number of para-hydroxylation sites is 1. The number of benzene rings is 3. The van der Waals surface area contributed by atoms with Crippen LogP contribution in [-0.2, 0) is 5.75 Å². The number of phenols is 1. The number of fused-ring (bicyclic) bond motifs is 3. The number of anilines is 1. The Morgan fingerprint density at radius 2 is 1.92 bits per heavy atom. The first-order chi connectivity index (χ1) is 17.5. The molecule has 2 heterocycles. The van der Waals surface area contributed by atoms with Crippen LogP contribution in [0.2, 0.25) is 0 Å². The minimum Gasteiger partial charge on any atom is -0.500 e.